The number of rotatable bonds is 6. The van der Waals surface area contributed by atoms with Gasteiger partial charge in [-0.05, 0) is 21.0 Å². The zero-order valence-electron chi connectivity index (χ0n) is 14.4. The minimum absolute atomic E-state index is 0.304. The van der Waals surface area contributed by atoms with Gasteiger partial charge in [0.1, 0.15) is 35.8 Å². The lowest BCUT2D eigenvalue weighted by atomic mass is 9.88. The van der Waals surface area contributed by atoms with Crippen LogP contribution in [-0.4, -0.2) is 97.4 Å². The molecule has 3 rings (SSSR count). The largest absolute Gasteiger partial charge is 0.394 e. The van der Waals surface area contributed by atoms with Crippen molar-refractivity contribution in [2.75, 3.05) is 32.6 Å². The highest BCUT2D eigenvalue weighted by molar-refractivity contribution is 5.81. The third kappa shape index (κ3) is 3.07. The summed E-state index contributed by atoms with van der Waals surface area (Å²) < 4.78 is 5.82. The molecule has 0 saturated carbocycles. The molecule has 1 aliphatic rings. The third-order valence-electron chi connectivity index (χ3n) is 4.85. The van der Waals surface area contributed by atoms with Gasteiger partial charge in [-0.1, -0.05) is 0 Å². The van der Waals surface area contributed by atoms with Crippen LogP contribution in [0.4, 0.5) is 5.82 Å². The second kappa shape index (κ2) is 6.81. The SMILES string of the molecule is CN(C)C(CNc1ncnc2nc[nH]c12)[C@]1(C)O[C@H](CO)[C@@H](O)[C@H]1O. The van der Waals surface area contributed by atoms with Crippen LogP contribution in [0.15, 0.2) is 12.7 Å². The summed E-state index contributed by atoms with van der Waals surface area (Å²) in [6.45, 7) is 1.76. The van der Waals surface area contributed by atoms with E-state index >= 15 is 0 Å². The van der Waals surface area contributed by atoms with Crippen LogP contribution in [-0.2, 0) is 4.74 Å². The Morgan fingerprint density at radius 1 is 1.36 bits per heavy atom. The van der Waals surface area contributed by atoms with Crippen molar-refractivity contribution in [2.24, 2.45) is 0 Å². The van der Waals surface area contributed by atoms with Gasteiger partial charge in [-0.3, -0.25) is 0 Å². The van der Waals surface area contributed by atoms with Gasteiger partial charge in [0.05, 0.1) is 19.0 Å². The number of H-pyrrole nitrogens is 1. The molecule has 1 fully saturated rings. The molecule has 138 valence electrons. The number of anilines is 1. The Labute approximate surface area is 144 Å². The number of fused-ring (bicyclic) bond motifs is 1. The molecule has 1 saturated heterocycles. The number of hydrogen-bond donors (Lipinski definition) is 5. The van der Waals surface area contributed by atoms with Crippen LogP contribution in [0, 0.1) is 0 Å². The summed E-state index contributed by atoms with van der Waals surface area (Å²) >= 11 is 0. The van der Waals surface area contributed by atoms with Crippen LogP contribution in [0.5, 0.6) is 0 Å². The third-order valence-corrected chi connectivity index (χ3v) is 4.85. The van der Waals surface area contributed by atoms with E-state index in [1.54, 1.807) is 13.3 Å². The molecule has 0 bridgehead atoms. The van der Waals surface area contributed by atoms with Crippen molar-refractivity contribution in [3.8, 4) is 0 Å². The zero-order chi connectivity index (χ0) is 18.2. The molecular formula is C15H24N6O4. The molecule has 1 aliphatic heterocycles. The fourth-order valence-electron chi connectivity index (χ4n) is 3.42. The molecule has 2 aromatic heterocycles. The number of likely N-dealkylation sites (N-methyl/N-ethyl adjacent to an activating group) is 1. The Hall–Kier alpha value is -1.85. The van der Waals surface area contributed by atoms with E-state index in [2.05, 4.69) is 25.3 Å². The van der Waals surface area contributed by atoms with E-state index < -0.39 is 23.9 Å². The lowest BCUT2D eigenvalue weighted by Gasteiger charge is -2.40. The average molecular weight is 352 g/mol. The van der Waals surface area contributed by atoms with Gasteiger partial charge < -0.3 is 35.3 Å². The lowest BCUT2D eigenvalue weighted by molar-refractivity contribution is -0.117. The number of aromatic amines is 1. The van der Waals surface area contributed by atoms with Gasteiger partial charge >= 0.3 is 0 Å². The first-order valence-electron chi connectivity index (χ1n) is 8.07. The van der Waals surface area contributed by atoms with Gasteiger partial charge in [0.25, 0.3) is 0 Å². The highest BCUT2D eigenvalue weighted by atomic mass is 16.6. The summed E-state index contributed by atoms with van der Waals surface area (Å²) in [6.07, 6.45) is -0.126. The Morgan fingerprint density at radius 3 is 2.76 bits per heavy atom. The fraction of sp³-hybridized carbons (Fsp3) is 0.667. The quantitative estimate of drug-likeness (QED) is 0.423. The Bertz CT molecular complexity index is 725. The van der Waals surface area contributed by atoms with Gasteiger partial charge in [-0.2, -0.15) is 0 Å². The molecule has 0 amide bonds. The van der Waals surface area contributed by atoms with Gasteiger partial charge in [0, 0.05) is 6.54 Å². The van der Waals surface area contributed by atoms with Gasteiger partial charge in [-0.25, -0.2) is 15.0 Å². The summed E-state index contributed by atoms with van der Waals surface area (Å²) in [5.41, 5.74) is 0.174. The Morgan fingerprint density at radius 2 is 2.12 bits per heavy atom. The number of hydrogen-bond acceptors (Lipinski definition) is 9. The van der Waals surface area contributed by atoms with Crippen LogP contribution < -0.4 is 5.32 Å². The zero-order valence-corrected chi connectivity index (χ0v) is 14.4. The Balaban J connectivity index is 1.81. The summed E-state index contributed by atoms with van der Waals surface area (Å²) in [5, 5.41) is 33.2. The molecule has 25 heavy (non-hydrogen) atoms. The fourth-order valence-corrected chi connectivity index (χ4v) is 3.42. The minimum atomic E-state index is -1.14. The average Bonchev–Trinajstić information content (AvgIpc) is 3.14. The van der Waals surface area contributed by atoms with Crippen LogP contribution in [0.3, 0.4) is 0 Å². The molecule has 0 spiro atoms. The van der Waals surface area contributed by atoms with Crippen molar-refractivity contribution < 1.29 is 20.1 Å². The molecular weight excluding hydrogens is 328 g/mol. The molecule has 0 aliphatic carbocycles. The summed E-state index contributed by atoms with van der Waals surface area (Å²) in [5.74, 6) is 0.588. The number of nitrogens with one attached hydrogen (secondary N) is 2. The molecule has 0 aromatic carbocycles. The van der Waals surface area contributed by atoms with E-state index in [1.807, 2.05) is 19.0 Å². The maximum atomic E-state index is 10.5. The van der Waals surface area contributed by atoms with Crippen molar-refractivity contribution in [3.63, 3.8) is 0 Å². The van der Waals surface area contributed by atoms with Crippen LogP contribution >= 0.6 is 0 Å². The minimum Gasteiger partial charge on any atom is -0.394 e. The summed E-state index contributed by atoms with van der Waals surface area (Å²) in [7, 11) is 3.72. The smallest absolute Gasteiger partial charge is 0.182 e. The normalized spacial score (nSPS) is 30.9. The first-order chi connectivity index (χ1) is 11.9. The number of imidazole rings is 1. The molecule has 10 heteroatoms. The van der Waals surface area contributed by atoms with Crippen molar-refractivity contribution in [1.29, 1.82) is 0 Å². The molecule has 3 heterocycles. The van der Waals surface area contributed by atoms with E-state index in [-0.39, 0.29) is 12.6 Å². The first kappa shape index (κ1) is 18.0. The van der Waals surface area contributed by atoms with Gasteiger partial charge in [-0.15, -0.1) is 0 Å². The molecule has 5 N–H and O–H groups in total. The molecule has 1 unspecified atom stereocenters. The van der Waals surface area contributed by atoms with Gasteiger partial charge in [0.2, 0.25) is 0 Å². The van der Waals surface area contributed by atoms with Crippen LogP contribution in [0.2, 0.25) is 0 Å². The highest BCUT2D eigenvalue weighted by Gasteiger charge is 2.55. The number of nitrogens with zero attached hydrogens (tertiary/aromatic N) is 4. The predicted molar refractivity (Wildman–Crippen MR) is 90.0 cm³/mol. The maximum Gasteiger partial charge on any atom is 0.182 e. The first-order valence-corrected chi connectivity index (χ1v) is 8.07. The van der Waals surface area contributed by atoms with Crippen LogP contribution in [0.25, 0.3) is 11.2 Å². The number of aliphatic hydroxyl groups excluding tert-OH is 3. The van der Waals surface area contributed by atoms with Gasteiger partial charge in [0.15, 0.2) is 11.5 Å². The molecule has 5 atom stereocenters. The summed E-state index contributed by atoms with van der Waals surface area (Å²) in [6, 6.07) is -0.304. The van der Waals surface area contributed by atoms with E-state index in [4.69, 9.17) is 4.74 Å². The number of aliphatic hydroxyl groups is 3. The molecule has 10 nitrogen and oxygen atoms in total. The number of aromatic nitrogens is 4. The lowest BCUT2D eigenvalue weighted by Crippen LogP contribution is -2.58. The summed E-state index contributed by atoms with van der Waals surface area (Å²) in [4.78, 5) is 17.3. The number of ether oxygens (including phenoxy) is 1. The monoisotopic (exact) mass is 352 g/mol. The van der Waals surface area contributed by atoms with Crippen molar-refractivity contribution in [1.82, 2.24) is 24.8 Å². The molecule has 0 radical (unpaired) electrons. The second-order valence-electron chi connectivity index (χ2n) is 6.64. The van der Waals surface area contributed by atoms with Crippen molar-refractivity contribution in [3.05, 3.63) is 12.7 Å². The van der Waals surface area contributed by atoms with E-state index in [0.717, 1.165) is 0 Å². The maximum absolute atomic E-state index is 10.5. The van der Waals surface area contributed by atoms with E-state index in [1.165, 1.54) is 6.33 Å². The predicted octanol–water partition coefficient (Wildman–Crippen LogP) is -1.43. The highest BCUT2D eigenvalue weighted by Crippen LogP contribution is 2.35. The standard InChI is InChI=1S/C15H24N6O4/c1-15(12(24)11(23)8(5-22)25-15)9(21(2)3)4-16-13-10-14(18-6-17-10)20-7-19-13/h6-9,11-12,22-24H,4-5H2,1-3H3,(H2,16,17,18,19,20)/t8-,9?,11-,12-,15+/m1/s1. The van der Waals surface area contributed by atoms with Crippen molar-refractivity contribution >= 4 is 17.0 Å². The van der Waals surface area contributed by atoms with Crippen LogP contribution in [0.1, 0.15) is 6.92 Å². The second-order valence-corrected chi connectivity index (χ2v) is 6.64. The topological polar surface area (TPSA) is 140 Å². The molecule has 2 aromatic rings. The Kier molecular flexibility index (Phi) is 4.89. The van der Waals surface area contributed by atoms with E-state index in [9.17, 15) is 15.3 Å². The van der Waals surface area contributed by atoms with E-state index in [0.29, 0.717) is 23.5 Å². The van der Waals surface area contributed by atoms with Crippen molar-refractivity contribution in [2.45, 2.75) is 36.9 Å².